The van der Waals surface area contributed by atoms with Gasteiger partial charge in [0.05, 0.1) is 17.0 Å². The van der Waals surface area contributed by atoms with Crippen LogP contribution in [0.4, 0.5) is 11.4 Å². The Morgan fingerprint density at radius 2 is 1.77 bits per heavy atom. The number of rotatable bonds is 3. The number of para-hydroxylation sites is 1. The minimum atomic E-state index is -3.69. The smallest absolute Gasteiger partial charge is 0.261 e. The summed E-state index contributed by atoms with van der Waals surface area (Å²) in [6.45, 7) is 3.71. The zero-order valence-corrected chi connectivity index (χ0v) is 13.1. The van der Waals surface area contributed by atoms with Gasteiger partial charge >= 0.3 is 0 Å². The topological polar surface area (TPSA) is 75.3 Å². The number of hydrogen-bond acceptors (Lipinski definition) is 3. The van der Waals surface area contributed by atoms with E-state index in [0.29, 0.717) is 16.9 Å². The second-order valence-electron chi connectivity index (χ2n) is 5.42. The van der Waals surface area contributed by atoms with Crippen LogP contribution in [-0.2, 0) is 21.2 Å². The lowest BCUT2D eigenvalue weighted by atomic mass is 10.1. The van der Waals surface area contributed by atoms with Crippen LogP contribution in [0.25, 0.3) is 0 Å². The highest BCUT2D eigenvalue weighted by atomic mass is 32.2. The Bertz CT molecular complexity index is 853. The summed E-state index contributed by atoms with van der Waals surface area (Å²) >= 11 is 0. The third kappa shape index (κ3) is 2.57. The number of benzene rings is 2. The van der Waals surface area contributed by atoms with Crippen molar-refractivity contribution < 1.29 is 13.2 Å². The summed E-state index contributed by atoms with van der Waals surface area (Å²) in [5.74, 6) is -0.118. The Kier molecular flexibility index (Phi) is 3.41. The summed E-state index contributed by atoms with van der Waals surface area (Å²) < 4.78 is 27.8. The lowest BCUT2D eigenvalue weighted by molar-refractivity contribution is -0.115. The van der Waals surface area contributed by atoms with E-state index in [0.717, 1.165) is 11.1 Å². The first-order valence-corrected chi connectivity index (χ1v) is 8.37. The number of amides is 1. The van der Waals surface area contributed by atoms with Gasteiger partial charge in [-0.25, -0.2) is 8.42 Å². The van der Waals surface area contributed by atoms with Crippen molar-refractivity contribution in [3.05, 3.63) is 53.1 Å². The van der Waals surface area contributed by atoms with Gasteiger partial charge in [0.25, 0.3) is 10.0 Å². The molecular weight excluding hydrogens is 300 g/mol. The van der Waals surface area contributed by atoms with Gasteiger partial charge in [-0.1, -0.05) is 18.2 Å². The number of anilines is 2. The standard InChI is InChI=1S/C16H16N2O3S/c1-10-4-3-5-11(2)16(10)18-22(20,21)13-6-7-14-12(8-13)9-15(19)17-14/h3-8,18H,9H2,1-2H3,(H,17,19). The molecule has 0 fully saturated rings. The molecule has 0 radical (unpaired) electrons. The van der Waals surface area contributed by atoms with Gasteiger partial charge in [0.1, 0.15) is 0 Å². The maximum absolute atomic E-state index is 12.6. The molecule has 114 valence electrons. The van der Waals surface area contributed by atoms with E-state index in [9.17, 15) is 13.2 Å². The average Bonchev–Trinajstić information content (AvgIpc) is 2.82. The molecule has 1 aliphatic rings. The normalized spacial score (nSPS) is 13.6. The zero-order chi connectivity index (χ0) is 15.9. The maximum atomic E-state index is 12.6. The molecule has 0 saturated carbocycles. The molecule has 22 heavy (non-hydrogen) atoms. The first-order valence-electron chi connectivity index (χ1n) is 6.88. The minimum Gasteiger partial charge on any atom is -0.326 e. The van der Waals surface area contributed by atoms with Gasteiger partial charge in [-0.05, 0) is 48.7 Å². The number of carbonyl (C=O) groups excluding carboxylic acids is 1. The van der Waals surface area contributed by atoms with Crippen molar-refractivity contribution in [2.45, 2.75) is 25.2 Å². The third-order valence-electron chi connectivity index (χ3n) is 3.73. The molecule has 2 N–H and O–H groups in total. The van der Waals surface area contributed by atoms with E-state index in [1.54, 1.807) is 12.1 Å². The van der Waals surface area contributed by atoms with Crippen LogP contribution in [0.1, 0.15) is 16.7 Å². The van der Waals surface area contributed by atoms with Gasteiger partial charge in [-0.2, -0.15) is 0 Å². The van der Waals surface area contributed by atoms with Crippen molar-refractivity contribution in [3.63, 3.8) is 0 Å². The molecule has 0 bridgehead atoms. The highest BCUT2D eigenvalue weighted by Gasteiger charge is 2.22. The summed E-state index contributed by atoms with van der Waals surface area (Å²) in [5.41, 5.74) is 3.70. The van der Waals surface area contributed by atoms with Crippen molar-refractivity contribution in [2.24, 2.45) is 0 Å². The Labute approximate surface area is 129 Å². The van der Waals surface area contributed by atoms with E-state index >= 15 is 0 Å². The van der Waals surface area contributed by atoms with E-state index in [2.05, 4.69) is 10.0 Å². The molecule has 3 rings (SSSR count). The van der Waals surface area contributed by atoms with Crippen molar-refractivity contribution in [1.82, 2.24) is 0 Å². The van der Waals surface area contributed by atoms with Gasteiger partial charge in [-0.15, -0.1) is 0 Å². The summed E-state index contributed by atoms with van der Waals surface area (Å²) in [6.07, 6.45) is 0.210. The summed E-state index contributed by atoms with van der Waals surface area (Å²) in [7, 11) is -3.69. The molecule has 2 aromatic carbocycles. The molecule has 0 aliphatic carbocycles. The predicted octanol–water partition coefficient (Wildman–Crippen LogP) is 2.60. The number of hydrogen-bond donors (Lipinski definition) is 2. The van der Waals surface area contributed by atoms with Crippen LogP contribution < -0.4 is 10.0 Å². The highest BCUT2D eigenvalue weighted by molar-refractivity contribution is 7.92. The summed E-state index contributed by atoms with van der Waals surface area (Å²) in [6, 6.07) is 10.3. The van der Waals surface area contributed by atoms with Crippen LogP contribution in [0.2, 0.25) is 0 Å². The molecule has 6 heteroatoms. The SMILES string of the molecule is Cc1cccc(C)c1NS(=O)(=O)c1ccc2c(c1)CC(=O)N2. The Morgan fingerprint density at radius 1 is 1.09 bits per heavy atom. The van der Waals surface area contributed by atoms with Crippen molar-refractivity contribution in [1.29, 1.82) is 0 Å². The fourth-order valence-electron chi connectivity index (χ4n) is 2.54. The predicted molar refractivity (Wildman–Crippen MR) is 85.5 cm³/mol. The maximum Gasteiger partial charge on any atom is 0.261 e. The van der Waals surface area contributed by atoms with Gasteiger partial charge in [0.2, 0.25) is 5.91 Å². The molecule has 0 saturated heterocycles. The van der Waals surface area contributed by atoms with Gasteiger partial charge < -0.3 is 5.32 Å². The molecule has 1 heterocycles. The lowest BCUT2D eigenvalue weighted by Crippen LogP contribution is -2.14. The quantitative estimate of drug-likeness (QED) is 0.914. The molecule has 1 aliphatic heterocycles. The number of fused-ring (bicyclic) bond motifs is 1. The molecular formula is C16H16N2O3S. The lowest BCUT2D eigenvalue weighted by Gasteiger charge is -2.13. The van der Waals surface area contributed by atoms with Crippen molar-refractivity contribution in [3.8, 4) is 0 Å². The van der Waals surface area contributed by atoms with Crippen LogP contribution in [-0.4, -0.2) is 14.3 Å². The number of nitrogens with one attached hydrogen (secondary N) is 2. The first kappa shape index (κ1) is 14.6. The van der Waals surface area contributed by atoms with Crippen LogP contribution in [0.3, 0.4) is 0 Å². The Hall–Kier alpha value is -2.34. The van der Waals surface area contributed by atoms with E-state index in [1.165, 1.54) is 6.07 Å². The Morgan fingerprint density at radius 3 is 2.45 bits per heavy atom. The van der Waals surface area contributed by atoms with Gasteiger partial charge in [-0.3, -0.25) is 9.52 Å². The summed E-state index contributed by atoms with van der Waals surface area (Å²) in [5, 5.41) is 2.69. The second-order valence-corrected chi connectivity index (χ2v) is 7.10. The molecule has 0 unspecified atom stereocenters. The fraction of sp³-hybridized carbons (Fsp3) is 0.188. The molecule has 1 amide bonds. The average molecular weight is 316 g/mol. The monoisotopic (exact) mass is 316 g/mol. The van der Waals surface area contributed by atoms with Crippen molar-refractivity contribution >= 4 is 27.3 Å². The second kappa shape index (κ2) is 5.14. The zero-order valence-electron chi connectivity index (χ0n) is 12.3. The largest absolute Gasteiger partial charge is 0.326 e. The summed E-state index contributed by atoms with van der Waals surface area (Å²) in [4.78, 5) is 11.5. The number of aryl methyl sites for hydroxylation is 2. The van der Waals surface area contributed by atoms with Crippen LogP contribution in [0.15, 0.2) is 41.3 Å². The fourth-order valence-corrected chi connectivity index (χ4v) is 3.79. The molecule has 5 nitrogen and oxygen atoms in total. The van der Waals surface area contributed by atoms with Crippen LogP contribution >= 0.6 is 0 Å². The van der Waals surface area contributed by atoms with E-state index in [4.69, 9.17) is 0 Å². The number of carbonyl (C=O) groups is 1. The van der Waals surface area contributed by atoms with E-state index in [-0.39, 0.29) is 17.2 Å². The minimum absolute atomic E-state index is 0.118. The number of sulfonamides is 1. The van der Waals surface area contributed by atoms with Gasteiger partial charge in [0.15, 0.2) is 0 Å². The third-order valence-corrected chi connectivity index (χ3v) is 5.08. The van der Waals surface area contributed by atoms with E-state index in [1.807, 2.05) is 32.0 Å². The van der Waals surface area contributed by atoms with E-state index < -0.39 is 10.0 Å². The van der Waals surface area contributed by atoms with Crippen LogP contribution in [0, 0.1) is 13.8 Å². The highest BCUT2D eigenvalue weighted by Crippen LogP contribution is 2.28. The first-order chi connectivity index (χ1) is 10.4. The van der Waals surface area contributed by atoms with Crippen LogP contribution in [0.5, 0.6) is 0 Å². The van der Waals surface area contributed by atoms with Crippen molar-refractivity contribution in [2.75, 3.05) is 10.0 Å². The Balaban J connectivity index is 1.98. The molecule has 0 aromatic heterocycles. The molecule has 0 spiro atoms. The molecule has 2 aromatic rings. The van der Waals surface area contributed by atoms with Gasteiger partial charge in [0, 0.05) is 5.69 Å². The molecule has 0 atom stereocenters.